The van der Waals surface area contributed by atoms with Crippen LogP contribution in [0.15, 0.2) is 89.4 Å². The van der Waals surface area contributed by atoms with Gasteiger partial charge < -0.3 is 35.6 Å². The van der Waals surface area contributed by atoms with Gasteiger partial charge in [0.15, 0.2) is 23.5 Å². The molecule has 2 unspecified atom stereocenters. The number of amides is 5. The standard InChI is InChI=1S/C48H53FN4O11S/c1-25(50-39(58)15-17-53-40(59)12-13-41(53)60)43(61)51-26(2)44(62)52-29-6-5-7-31(18-29)65-24-27-8-10-28(11-9-27)45-63-38-21-33-32-20-35(49)34-19-30(55)14-16-46(34,3)42(32)36(56)22-47(33,4)48(38,64-45)37(57)23-54/h5-14,16,18-19,25-26,32-33,35-36,38,42,45,54,56H,15,17,20-24H2,1-4H3,(H,50,58)(H,51,61)(H,52,62)/t25-,26-,32-,33?,35-,36-,38+,42?,45-,46-,47-,48+/m0/s1. The second-order valence-electron chi connectivity index (χ2n) is 18.4. The molecule has 2 aliphatic heterocycles. The minimum absolute atomic E-state index is 0.0994. The van der Waals surface area contributed by atoms with Gasteiger partial charge in [-0.2, -0.15) is 0 Å². The van der Waals surface area contributed by atoms with Crippen molar-refractivity contribution in [1.82, 2.24) is 15.5 Å². The monoisotopic (exact) mass is 912 g/mol. The van der Waals surface area contributed by atoms with Gasteiger partial charge in [-0.3, -0.25) is 38.5 Å². The Labute approximate surface area is 379 Å². The van der Waals surface area contributed by atoms with E-state index < -0.39 is 95.1 Å². The van der Waals surface area contributed by atoms with Crippen LogP contribution in [-0.4, -0.2) is 105 Å². The first-order valence-electron chi connectivity index (χ1n) is 21.9. The number of fused-ring (bicyclic) bond motifs is 7. The fraction of sp³-hybridized carbons (Fsp3) is 0.479. The Morgan fingerprint density at radius 1 is 0.954 bits per heavy atom. The maximum Gasteiger partial charge on any atom is 0.253 e. The van der Waals surface area contributed by atoms with Crippen LogP contribution in [0.25, 0.3) is 0 Å². The number of halogens is 1. The van der Waals surface area contributed by atoms with Crippen molar-refractivity contribution in [3.05, 3.63) is 95.6 Å². The van der Waals surface area contributed by atoms with Crippen LogP contribution >= 0.6 is 11.8 Å². The summed E-state index contributed by atoms with van der Waals surface area (Å²) in [7, 11) is 0. The number of aliphatic hydroxyl groups excluding tert-OH is 2. The third-order valence-corrected chi connectivity index (χ3v) is 15.6. The number of imide groups is 1. The summed E-state index contributed by atoms with van der Waals surface area (Å²) in [5, 5.41) is 30.1. The molecule has 5 amide bonds. The fourth-order valence-corrected chi connectivity index (χ4v) is 12.3. The molecule has 0 spiro atoms. The number of thioether (sulfide) groups is 1. The van der Waals surface area contributed by atoms with Gasteiger partial charge in [0.1, 0.15) is 24.9 Å². The number of Topliss-reactive ketones (excluding diaryl/α,β-unsaturated/α-hetero) is 1. The SMILES string of the molecule is C[C@H](NC(=O)CCN1C(=O)C=CC1=O)C(=O)N[C@@H](C)C(=O)Nc1cccc(SCc2ccc([C@H]3O[C@@H]4CC5[C@@H]6C[C@H](F)C7=CC(=O)C=C[C@]7(C)C6[C@@H](O)C[C@]5(C)[C@]4(C(=O)CO)O3)cc2)c1. The third-order valence-electron chi connectivity index (χ3n) is 14.5. The molecule has 0 bridgehead atoms. The van der Waals surface area contributed by atoms with E-state index in [1.807, 2.05) is 44.2 Å². The molecule has 2 heterocycles. The molecule has 65 heavy (non-hydrogen) atoms. The van der Waals surface area contributed by atoms with Crippen molar-refractivity contribution in [2.45, 2.75) is 106 Å². The minimum Gasteiger partial charge on any atom is -0.393 e. The summed E-state index contributed by atoms with van der Waals surface area (Å²) in [6.45, 7) is 5.84. The molecular weight excluding hydrogens is 860 g/mol. The first kappa shape index (κ1) is 46.2. The number of anilines is 1. The van der Waals surface area contributed by atoms with Crippen LogP contribution < -0.4 is 16.0 Å². The predicted octanol–water partition coefficient (Wildman–Crippen LogP) is 3.79. The van der Waals surface area contributed by atoms with Crippen molar-refractivity contribution >= 4 is 58.6 Å². The van der Waals surface area contributed by atoms with Crippen molar-refractivity contribution in [3.8, 4) is 0 Å². The Morgan fingerprint density at radius 3 is 2.37 bits per heavy atom. The summed E-state index contributed by atoms with van der Waals surface area (Å²) in [4.78, 5) is 89.5. The number of nitrogens with one attached hydrogen (secondary N) is 3. The number of ether oxygens (including phenoxy) is 2. The quantitative estimate of drug-likeness (QED) is 0.135. The maximum atomic E-state index is 16.0. The zero-order chi connectivity index (χ0) is 46.6. The van der Waals surface area contributed by atoms with E-state index in [1.54, 1.807) is 24.3 Å². The summed E-state index contributed by atoms with van der Waals surface area (Å²) in [5.41, 5.74) is -0.883. The Kier molecular flexibility index (Phi) is 12.7. The molecule has 4 aliphatic carbocycles. The maximum absolute atomic E-state index is 16.0. The molecule has 3 saturated carbocycles. The number of carbonyl (C=O) groups is 7. The first-order valence-corrected chi connectivity index (χ1v) is 22.9. The van der Waals surface area contributed by atoms with Gasteiger partial charge in [-0.05, 0) is 86.4 Å². The topological polar surface area (TPSA) is 218 Å². The first-order chi connectivity index (χ1) is 30.9. The van der Waals surface area contributed by atoms with Crippen molar-refractivity contribution in [2.24, 2.45) is 28.6 Å². The van der Waals surface area contributed by atoms with E-state index in [9.17, 15) is 43.8 Å². The molecular formula is C48H53FN4O11S. The molecule has 0 aromatic heterocycles. The number of allylic oxidation sites excluding steroid dienone is 4. The number of benzene rings is 2. The Morgan fingerprint density at radius 2 is 1.66 bits per heavy atom. The molecule has 0 radical (unpaired) electrons. The zero-order valence-electron chi connectivity index (χ0n) is 36.5. The van der Waals surface area contributed by atoms with Crippen LogP contribution in [-0.2, 0) is 48.8 Å². The van der Waals surface area contributed by atoms with E-state index in [1.165, 1.54) is 37.8 Å². The van der Waals surface area contributed by atoms with E-state index in [2.05, 4.69) is 16.0 Å². The van der Waals surface area contributed by atoms with Crippen LogP contribution in [0.4, 0.5) is 10.1 Å². The third kappa shape index (κ3) is 8.30. The summed E-state index contributed by atoms with van der Waals surface area (Å²) in [6.07, 6.45) is 3.25. The number of nitrogens with zero attached hydrogens (tertiary/aromatic N) is 1. The van der Waals surface area contributed by atoms with E-state index in [4.69, 9.17) is 9.47 Å². The fourth-order valence-electron chi connectivity index (χ4n) is 11.3. The number of hydrogen-bond donors (Lipinski definition) is 5. The number of rotatable bonds is 14. The molecule has 344 valence electrons. The van der Waals surface area contributed by atoms with Crippen LogP contribution in [0.2, 0.25) is 0 Å². The number of ketones is 2. The Balaban J connectivity index is 0.852. The lowest BCUT2D eigenvalue weighted by molar-refractivity contribution is -0.203. The van der Waals surface area contributed by atoms with Gasteiger partial charge in [-0.1, -0.05) is 50.3 Å². The molecule has 1 saturated heterocycles. The molecule has 6 aliphatic rings. The Hall–Kier alpha value is -5.33. The lowest BCUT2D eigenvalue weighted by atomic mass is 9.46. The summed E-state index contributed by atoms with van der Waals surface area (Å²) in [6, 6.07) is 12.9. The molecule has 15 nitrogen and oxygen atoms in total. The van der Waals surface area contributed by atoms with E-state index in [-0.39, 0.29) is 49.3 Å². The van der Waals surface area contributed by atoms with Gasteiger partial charge in [0.2, 0.25) is 17.7 Å². The number of hydrogen-bond acceptors (Lipinski definition) is 12. The highest BCUT2D eigenvalue weighted by Gasteiger charge is 2.76. The zero-order valence-corrected chi connectivity index (χ0v) is 37.3. The molecule has 12 atom stereocenters. The second-order valence-corrected chi connectivity index (χ2v) is 19.5. The normalized spacial score (nSPS) is 33.0. The number of carbonyl (C=O) groups excluding carboxylic acids is 7. The highest BCUT2D eigenvalue weighted by atomic mass is 32.2. The van der Waals surface area contributed by atoms with Gasteiger partial charge in [0, 0.05) is 63.8 Å². The van der Waals surface area contributed by atoms with Crippen LogP contribution in [0, 0.1) is 28.6 Å². The van der Waals surface area contributed by atoms with Gasteiger partial charge in [-0.15, -0.1) is 11.8 Å². The van der Waals surface area contributed by atoms with Gasteiger partial charge in [0.25, 0.3) is 11.8 Å². The highest BCUT2D eigenvalue weighted by Crippen LogP contribution is 2.70. The van der Waals surface area contributed by atoms with Crippen molar-refractivity contribution in [1.29, 1.82) is 0 Å². The largest absolute Gasteiger partial charge is 0.393 e. The average Bonchev–Trinajstić information content (AvgIpc) is 3.90. The van der Waals surface area contributed by atoms with Crippen LogP contribution in [0.3, 0.4) is 0 Å². The van der Waals surface area contributed by atoms with E-state index >= 15 is 4.39 Å². The minimum atomic E-state index is -1.57. The predicted molar refractivity (Wildman–Crippen MR) is 234 cm³/mol. The molecule has 4 fully saturated rings. The average molecular weight is 913 g/mol. The van der Waals surface area contributed by atoms with E-state index in [0.29, 0.717) is 29.0 Å². The number of alkyl halides is 1. The van der Waals surface area contributed by atoms with Crippen LogP contribution in [0.1, 0.15) is 70.8 Å². The highest BCUT2D eigenvalue weighted by molar-refractivity contribution is 7.98. The number of aliphatic hydroxyl groups is 2. The summed E-state index contributed by atoms with van der Waals surface area (Å²) in [5.74, 6) is -3.84. The molecule has 5 N–H and O–H groups in total. The summed E-state index contributed by atoms with van der Waals surface area (Å²) < 4.78 is 29.2. The van der Waals surface area contributed by atoms with Gasteiger partial charge in [0.05, 0.1) is 12.2 Å². The second kappa shape index (κ2) is 17.8. The molecule has 17 heteroatoms. The van der Waals surface area contributed by atoms with E-state index in [0.717, 1.165) is 27.5 Å². The lowest BCUT2D eigenvalue weighted by Gasteiger charge is -2.60. The molecule has 2 aromatic carbocycles. The van der Waals surface area contributed by atoms with Crippen molar-refractivity contribution in [3.63, 3.8) is 0 Å². The lowest BCUT2D eigenvalue weighted by Crippen LogP contribution is -2.64. The van der Waals surface area contributed by atoms with Gasteiger partial charge >= 0.3 is 0 Å². The van der Waals surface area contributed by atoms with Crippen molar-refractivity contribution < 1.29 is 57.6 Å². The van der Waals surface area contributed by atoms with Gasteiger partial charge in [-0.25, -0.2) is 4.39 Å². The molecule has 2 aromatic rings. The van der Waals surface area contributed by atoms with Crippen LogP contribution in [0.5, 0.6) is 0 Å². The smallest absolute Gasteiger partial charge is 0.253 e. The van der Waals surface area contributed by atoms with Crippen molar-refractivity contribution in [2.75, 3.05) is 18.5 Å². The summed E-state index contributed by atoms with van der Waals surface area (Å²) >= 11 is 1.53. The Bertz CT molecular complexity index is 2390. The molecule has 8 rings (SSSR count).